The van der Waals surface area contributed by atoms with Crippen molar-refractivity contribution in [3.8, 4) is 0 Å². The second-order valence-electron chi connectivity index (χ2n) is 4.18. The molecule has 1 saturated heterocycles. The maximum Gasteiger partial charge on any atom is 0.321 e. The normalized spacial score (nSPS) is 41.3. The van der Waals surface area contributed by atoms with Gasteiger partial charge in [0, 0.05) is 0 Å². The molecule has 0 aromatic carbocycles. The summed E-state index contributed by atoms with van der Waals surface area (Å²) < 4.78 is 0. The van der Waals surface area contributed by atoms with Crippen LogP contribution in [0.5, 0.6) is 0 Å². The summed E-state index contributed by atoms with van der Waals surface area (Å²) in [7, 11) is 0. The second-order valence-corrected chi connectivity index (χ2v) is 4.18. The Morgan fingerprint density at radius 1 is 1.58 bits per heavy atom. The molecule has 2 fully saturated rings. The molecule has 3 atom stereocenters. The molecular formula is C8H14ClNO2. The number of halogens is 1. The molecule has 1 aliphatic carbocycles. The van der Waals surface area contributed by atoms with E-state index in [-0.39, 0.29) is 23.9 Å². The third kappa shape index (κ3) is 1.04. The molecule has 3 nitrogen and oxygen atoms in total. The molecule has 0 radical (unpaired) electrons. The van der Waals surface area contributed by atoms with Gasteiger partial charge in [0.1, 0.15) is 6.04 Å². The van der Waals surface area contributed by atoms with Crippen LogP contribution in [0.2, 0.25) is 0 Å². The molecule has 70 valence electrons. The number of carboxylic acids is 1. The van der Waals surface area contributed by atoms with Crippen molar-refractivity contribution in [1.29, 1.82) is 0 Å². The molecule has 0 spiro atoms. The Kier molecular flexibility index (Phi) is 2.13. The van der Waals surface area contributed by atoms with Crippen molar-refractivity contribution in [2.24, 2.45) is 17.3 Å². The van der Waals surface area contributed by atoms with Gasteiger partial charge in [0.25, 0.3) is 0 Å². The minimum atomic E-state index is -0.692. The van der Waals surface area contributed by atoms with Gasteiger partial charge in [-0.1, -0.05) is 13.8 Å². The van der Waals surface area contributed by atoms with E-state index in [9.17, 15) is 4.79 Å². The summed E-state index contributed by atoms with van der Waals surface area (Å²) in [5, 5.41) is 11.8. The Bertz CT molecular complexity index is 217. The van der Waals surface area contributed by atoms with Gasteiger partial charge in [-0.2, -0.15) is 0 Å². The summed E-state index contributed by atoms with van der Waals surface area (Å²) in [5.41, 5.74) is 0.272. The monoisotopic (exact) mass is 191 g/mol. The van der Waals surface area contributed by atoms with Crippen molar-refractivity contribution in [3.63, 3.8) is 0 Å². The van der Waals surface area contributed by atoms with E-state index in [1.807, 2.05) is 0 Å². The molecule has 0 aromatic rings. The van der Waals surface area contributed by atoms with Gasteiger partial charge in [-0.3, -0.25) is 4.79 Å². The van der Waals surface area contributed by atoms with Gasteiger partial charge in [0.05, 0.1) is 0 Å². The first-order chi connectivity index (χ1) is 5.05. The fourth-order valence-electron chi connectivity index (χ4n) is 2.46. The first-order valence-electron chi connectivity index (χ1n) is 4.01. The van der Waals surface area contributed by atoms with Crippen LogP contribution in [0.1, 0.15) is 13.8 Å². The van der Waals surface area contributed by atoms with Crippen LogP contribution in [-0.4, -0.2) is 23.7 Å². The summed E-state index contributed by atoms with van der Waals surface area (Å²) in [6, 6.07) is -0.282. The second kappa shape index (κ2) is 2.60. The fourth-order valence-corrected chi connectivity index (χ4v) is 2.46. The highest BCUT2D eigenvalue weighted by atomic mass is 35.5. The molecule has 2 aliphatic rings. The molecule has 1 aliphatic heterocycles. The van der Waals surface area contributed by atoms with E-state index >= 15 is 0 Å². The first-order valence-corrected chi connectivity index (χ1v) is 4.01. The van der Waals surface area contributed by atoms with Gasteiger partial charge in [0.2, 0.25) is 0 Å². The summed E-state index contributed by atoms with van der Waals surface area (Å²) in [5.74, 6) is 0.284. The van der Waals surface area contributed by atoms with Gasteiger partial charge in [-0.25, -0.2) is 0 Å². The number of carbonyl (C=O) groups is 1. The highest BCUT2D eigenvalue weighted by Gasteiger charge is 2.65. The molecule has 4 heteroatoms. The first kappa shape index (κ1) is 9.81. The summed E-state index contributed by atoms with van der Waals surface area (Å²) in [6.45, 7) is 5.19. The number of carboxylic acid groups (broad SMARTS) is 1. The summed E-state index contributed by atoms with van der Waals surface area (Å²) >= 11 is 0. The van der Waals surface area contributed by atoms with E-state index in [0.717, 1.165) is 6.54 Å². The smallest absolute Gasteiger partial charge is 0.321 e. The highest BCUT2D eigenvalue weighted by Crippen LogP contribution is 2.62. The Hall–Kier alpha value is -0.280. The highest BCUT2D eigenvalue weighted by molar-refractivity contribution is 5.85. The van der Waals surface area contributed by atoms with Crippen molar-refractivity contribution in [2.45, 2.75) is 19.9 Å². The maximum absolute atomic E-state index is 10.7. The van der Waals surface area contributed by atoms with E-state index < -0.39 is 5.97 Å². The Labute approximate surface area is 77.9 Å². The zero-order valence-corrected chi connectivity index (χ0v) is 8.02. The van der Waals surface area contributed by atoms with E-state index in [2.05, 4.69) is 19.2 Å². The van der Waals surface area contributed by atoms with Crippen LogP contribution in [0, 0.1) is 17.3 Å². The molecular weight excluding hydrogens is 178 g/mol. The number of aliphatic carboxylic acids is 1. The molecule has 0 unspecified atom stereocenters. The Balaban J connectivity index is 0.000000720. The van der Waals surface area contributed by atoms with Crippen molar-refractivity contribution >= 4 is 18.4 Å². The number of rotatable bonds is 1. The lowest BCUT2D eigenvalue weighted by Crippen LogP contribution is -2.37. The van der Waals surface area contributed by atoms with Crippen molar-refractivity contribution in [2.75, 3.05) is 6.54 Å². The minimum absolute atomic E-state index is 0. The Morgan fingerprint density at radius 2 is 2.17 bits per heavy atom. The van der Waals surface area contributed by atoms with Gasteiger partial charge < -0.3 is 10.4 Å². The van der Waals surface area contributed by atoms with Crippen molar-refractivity contribution < 1.29 is 9.90 Å². The SMILES string of the molecule is CC1(C)[C@@H]2[C@@H](C(=O)O)NC[C@@H]21.Cl. The van der Waals surface area contributed by atoms with Crippen LogP contribution in [-0.2, 0) is 4.79 Å². The van der Waals surface area contributed by atoms with Gasteiger partial charge in [-0.05, 0) is 23.8 Å². The molecule has 0 bridgehead atoms. The molecule has 2 rings (SSSR count). The molecule has 2 N–H and O–H groups in total. The maximum atomic E-state index is 10.7. The minimum Gasteiger partial charge on any atom is -0.480 e. The average molecular weight is 192 g/mol. The summed E-state index contributed by atoms with van der Waals surface area (Å²) in [6.07, 6.45) is 0. The number of fused-ring (bicyclic) bond motifs is 1. The van der Waals surface area contributed by atoms with Crippen LogP contribution in [0.25, 0.3) is 0 Å². The summed E-state index contributed by atoms with van der Waals surface area (Å²) in [4.78, 5) is 10.7. The van der Waals surface area contributed by atoms with Crippen LogP contribution in [0.3, 0.4) is 0 Å². The van der Waals surface area contributed by atoms with E-state index in [1.54, 1.807) is 0 Å². The third-order valence-corrected chi connectivity index (χ3v) is 3.32. The molecule has 1 saturated carbocycles. The van der Waals surface area contributed by atoms with Crippen molar-refractivity contribution in [3.05, 3.63) is 0 Å². The van der Waals surface area contributed by atoms with Crippen LogP contribution in [0.15, 0.2) is 0 Å². The van der Waals surface area contributed by atoms with Crippen molar-refractivity contribution in [1.82, 2.24) is 5.32 Å². The number of piperidine rings is 1. The lowest BCUT2D eigenvalue weighted by Gasteiger charge is -2.14. The predicted molar refractivity (Wildman–Crippen MR) is 47.4 cm³/mol. The van der Waals surface area contributed by atoms with Gasteiger partial charge in [0.15, 0.2) is 0 Å². The van der Waals surface area contributed by atoms with E-state index in [4.69, 9.17) is 5.11 Å². The van der Waals surface area contributed by atoms with Gasteiger partial charge in [-0.15, -0.1) is 12.4 Å². The van der Waals surface area contributed by atoms with E-state index in [0.29, 0.717) is 11.8 Å². The lowest BCUT2D eigenvalue weighted by molar-refractivity contribution is -0.139. The molecule has 0 aromatic heterocycles. The third-order valence-electron chi connectivity index (χ3n) is 3.32. The number of hydrogen-bond acceptors (Lipinski definition) is 2. The number of nitrogens with one attached hydrogen (secondary N) is 1. The van der Waals surface area contributed by atoms with Crippen LogP contribution in [0.4, 0.5) is 0 Å². The lowest BCUT2D eigenvalue weighted by atomic mass is 10.0. The largest absolute Gasteiger partial charge is 0.480 e. The van der Waals surface area contributed by atoms with Crippen LogP contribution < -0.4 is 5.32 Å². The van der Waals surface area contributed by atoms with Crippen LogP contribution >= 0.6 is 12.4 Å². The fraction of sp³-hybridized carbons (Fsp3) is 0.875. The standard InChI is InChI=1S/C8H13NO2.ClH/c1-8(2)4-3-9-6(5(4)8)7(10)11;/h4-6,9H,3H2,1-2H3,(H,10,11);1H/t4-,5-,6-;/m0./s1. The quantitative estimate of drug-likeness (QED) is 0.643. The zero-order chi connectivity index (χ0) is 8.22. The molecule has 12 heavy (non-hydrogen) atoms. The Morgan fingerprint density at radius 3 is 2.42 bits per heavy atom. The zero-order valence-electron chi connectivity index (χ0n) is 7.20. The topological polar surface area (TPSA) is 49.3 Å². The molecule has 1 heterocycles. The number of hydrogen-bond donors (Lipinski definition) is 2. The average Bonchev–Trinajstić information content (AvgIpc) is 2.34. The van der Waals surface area contributed by atoms with E-state index in [1.165, 1.54) is 0 Å². The predicted octanol–water partition coefficient (Wildman–Crippen LogP) is 0.737. The molecule has 0 amide bonds. The van der Waals surface area contributed by atoms with Gasteiger partial charge >= 0.3 is 5.97 Å².